The first-order valence-electron chi connectivity index (χ1n) is 10.4. The van der Waals surface area contributed by atoms with Crippen LogP contribution in [0.5, 0.6) is 17.2 Å². The van der Waals surface area contributed by atoms with Crippen molar-refractivity contribution >= 4 is 35.0 Å². The van der Waals surface area contributed by atoms with E-state index in [1.807, 2.05) is 25.1 Å². The number of non-ortho nitro benzene ring substituents is 1. The van der Waals surface area contributed by atoms with E-state index in [1.165, 1.54) is 12.1 Å². The summed E-state index contributed by atoms with van der Waals surface area (Å²) in [6, 6.07) is 17.2. The summed E-state index contributed by atoms with van der Waals surface area (Å²) >= 11 is 6.01. The number of halogens is 1. The fourth-order valence-corrected chi connectivity index (χ4v) is 3.25. The van der Waals surface area contributed by atoms with Crippen molar-refractivity contribution in [3.8, 4) is 23.3 Å². The molecule has 2 N–H and O–H groups in total. The summed E-state index contributed by atoms with van der Waals surface area (Å²) in [5, 5.41) is 33.2. The van der Waals surface area contributed by atoms with Crippen LogP contribution in [0.25, 0.3) is 6.08 Å². The van der Waals surface area contributed by atoms with E-state index in [0.29, 0.717) is 28.7 Å². The Labute approximate surface area is 205 Å². The first kappa shape index (κ1) is 25.1. The molecule has 35 heavy (non-hydrogen) atoms. The number of carbonyl (C=O) groups is 1. The van der Waals surface area contributed by atoms with Crippen LogP contribution in [0.2, 0.25) is 5.02 Å². The van der Waals surface area contributed by atoms with E-state index in [1.54, 1.807) is 30.3 Å². The van der Waals surface area contributed by atoms with Crippen LogP contribution in [-0.2, 0) is 11.4 Å². The van der Waals surface area contributed by atoms with E-state index in [0.717, 1.165) is 17.7 Å². The molecule has 0 spiro atoms. The van der Waals surface area contributed by atoms with Crippen LogP contribution in [0.4, 0.5) is 11.4 Å². The van der Waals surface area contributed by atoms with Gasteiger partial charge in [0.1, 0.15) is 24.0 Å². The normalized spacial score (nSPS) is 10.8. The third-order valence-electron chi connectivity index (χ3n) is 4.67. The molecule has 0 bridgehead atoms. The van der Waals surface area contributed by atoms with E-state index < -0.39 is 16.6 Å². The van der Waals surface area contributed by atoms with Crippen molar-refractivity contribution in [3.63, 3.8) is 0 Å². The molecule has 3 rings (SSSR count). The van der Waals surface area contributed by atoms with E-state index in [9.17, 15) is 25.3 Å². The maximum atomic E-state index is 12.6. The fourth-order valence-electron chi connectivity index (χ4n) is 3.03. The van der Waals surface area contributed by atoms with Crippen LogP contribution in [0.3, 0.4) is 0 Å². The number of nitrogens with zero attached hydrogens (tertiary/aromatic N) is 2. The van der Waals surface area contributed by atoms with Crippen molar-refractivity contribution in [1.29, 1.82) is 5.26 Å². The summed E-state index contributed by atoms with van der Waals surface area (Å²) in [5.41, 5.74) is 0.724. The van der Waals surface area contributed by atoms with Gasteiger partial charge in [-0.05, 0) is 54.5 Å². The van der Waals surface area contributed by atoms with Gasteiger partial charge in [-0.2, -0.15) is 5.26 Å². The minimum absolute atomic E-state index is 0.0680. The lowest BCUT2D eigenvalue weighted by molar-refractivity contribution is -0.384. The topological polar surface area (TPSA) is 135 Å². The summed E-state index contributed by atoms with van der Waals surface area (Å²) in [6.45, 7) is 2.44. The summed E-state index contributed by atoms with van der Waals surface area (Å²) in [6.07, 6.45) is 1.35. The van der Waals surface area contributed by atoms with Crippen molar-refractivity contribution in [2.75, 3.05) is 11.9 Å². The number of nitriles is 1. The summed E-state index contributed by atoms with van der Waals surface area (Å²) in [5.74, 6) is -0.391. The maximum absolute atomic E-state index is 12.6. The molecule has 0 aliphatic rings. The fraction of sp³-hybridized carbons (Fsp3) is 0.120. The Morgan fingerprint density at radius 3 is 2.63 bits per heavy atom. The Balaban J connectivity index is 1.79. The van der Waals surface area contributed by atoms with Crippen LogP contribution >= 0.6 is 11.6 Å². The predicted molar refractivity (Wildman–Crippen MR) is 130 cm³/mol. The van der Waals surface area contributed by atoms with Gasteiger partial charge in [-0.25, -0.2) is 0 Å². The number of hydrogen-bond acceptors (Lipinski definition) is 7. The maximum Gasteiger partial charge on any atom is 0.273 e. The number of anilines is 1. The Morgan fingerprint density at radius 2 is 1.97 bits per heavy atom. The molecule has 0 fully saturated rings. The Bertz CT molecular complexity index is 1330. The molecule has 0 aromatic heterocycles. The molecule has 9 nitrogen and oxygen atoms in total. The average molecular weight is 494 g/mol. The van der Waals surface area contributed by atoms with Crippen LogP contribution in [0, 0.1) is 21.4 Å². The lowest BCUT2D eigenvalue weighted by Gasteiger charge is -2.13. The van der Waals surface area contributed by atoms with Gasteiger partial charge in [0.15, 0.2) is 11.5 Å². The van der Waals surface area contributed by atoms with Gasteiger partial charge in [-0.15, -0.1) is 0 Å². The summed E-state index contributed by atoms with van der Waals surface area (Å²) in [7, 11) is 0. The first-order valence-corrected chi connectivity index (χ1v) is 10.7. The summed E-state index contributed by atoms with van der Waals surface area (Å²) < 4.78 is 11.5. The number of phenolic OH excluding ortho intramolecular Hbond substituents is 1. The van der Waals surface area contributed by atoms with E-state index in [4.69, 9.17) is 21.1 Å². The third kappa shape index (κ3) is 6.72. The number of ether oxygens (including phenoxy) is 2. The quantitative estimate of drug-likeness (QED) is 0.132. The molecule has 0 saturated carbocycles. The van der Waals surface area contributed by atoms with Gasteiger partial charge in [0.2, 0.25) is 0 Å². The molecule has 0 aliphatic heterocycles. The van der Waals surface area contributed by atoms with Crippen molar-refractivity contribution in [3.05, 3.63) is 92.5 Å². The molecule has 178 valence electrons. The number of hydrogen-bond donors (Lipinski definition) is 2. The highest BCUT2D eigenvalue weighted by atomic mass is 35.5. The highest BCUT2D eigenvalue weighted by Gasteiger charge is 2.15. The zero-order valence-electron chi connectivity index (χ0n) is 18.5. The molecule has 0 heterocycles. The van der Waals surface area contributed by atoms with Crippen LogP contribution in [0.1, 0.15) is 18.1 Å². The van der Waals surface area contributed by atoms with Gasteiger partial charge in [-0.1, -0.05) is 29.8 Å². The number of aromatic hydroxyl groups is 1. The molecule has 0 radical (unpaired) electrons. The molecular formula is C25H20ClN3O6. The van der Waals surface area contributed by atoms with Crippen molar-refractivity contribution < 1.29 is 24.3 Å². The summed E-state index contributed by atoms with van der Waals surface area (Å²) in [4.78, 5) is 22.7. The smallest absolute Gasteiger partial charge is 0.273 e. The molecular weight excluding hydrogens is 474 g/mol. The number of nitro groups is 1. The molecule has 0 aliphatic carbocycles. The van der Waals surface area contributed by atoms with Gasteiger partial charge in [0.25, 0.3) is 11.6 Å². The second-order valence-corrected chi connectivity index (χ2v) is 7.58. The molecule has 10 heteroatoms. The first-order chi connectivity index (χ1) is 16.8. The Kier molecular flexibility index (Phi) is 8.27. The van der Waals surface area contributed by atoms with Gasteiger partial charge < -0.3 is 19.9 Å². The van der Waals surface area contributed by atoms with Crippen molar-refractivity contribution in [2.24, 2.45) is 0 Å². The third-order valence-corrected chi connectivity index (χ3v) is 4.90. The lowest BCUT2D eigenvalue weighted by Crippen LogP contribution is -2.13. The van der Waals surface area contributed by atoms with E-state index >= 15 is 0 Å². The van der Waals surface area contributed by atoms with Gasteiger partial charge in [-0.3, -0.25) is 14.9 Å². The number of phenols is 1. The van der Waals surface area contributed by atoms with Crippen molar-refractivity contribution in [2.45, 2.75) is 13.5 Å². The monoisotopic (exact) mass is 493 g/mol. The number of nitro benzene ring substituents is 1. The largest absolute Gasteiger partial charge is 0.506 e. The molecule has 3 aromatic rings. The number of amides is 1. The standard InChI is InChI=1S/C25H20ClN3O6/c1-2-34-24-12-16(6-9-23(24)35-15-17-4-3-5-19(26)11-17)10-18(14-27)25(31)28-21-8-7-20(29(32)33)13-22(21)30/h3-13,30H,2,15H2,1H3,(H,28,31)/b18-10-. The Morgan fingerprint density at radius 1 is 1.17 bits per heavy atom. The Hall–Kier alpha value is -4.55. The van der Waals surface area contributed by atoms with E-state index in [2.05, 4.69) is 5.32 Å². The highest BCUT2D eigenvalue weighted by molar-refractivity contribution is 6.30. The number of rotatable bonds is 9. The molecule has 1 amide bonds. The minimum Gasteiger partial charge on any atom is -0.506 e. The number of benzene rings is 3. The predicted octanol–water partition coefficient (Wildman–Crippen LogP) is 5.48. The SMILES string of the molecule is CCOc1cc(/C=C(/C#N)C(=O)Nc2ccc([N+](=O)[O-])cc2O)ccc1OCc1cccc(Cl)c1. The number of nitrogens with one attached hydrogen (secondary N) is 1. The minimum atomic E-state index is -0.795. The van der Waals surface area contributed by atoms with Gasteiger partial charge in [0, 0.05) is 11.1 Å². The number of carbonyl (C=O) groups excluding carboxylic acids is 1. The molecule has 0 unspecified atom stereocenters. The van der Waals surface area contributed by atoms with Crippen molar-refractivity contribution in [1.82, 2.24) is 0 Å². The molecule has 0 saturated heterocycles. The second kappa shape index (κ2) is 11.5. The van der Waals surface area contributed by atoms with Gasteiger partial charge >= 0.3 is 0 Å². The van der Waals surface area contributed by atoms with Crippen LogP contribution in [-0.4, -0.2) is 22.5 Å². The zero-order valence-corrected chi connectivity index (χ0v) is 19.3. The van der Waals surface area contributed by atoms with Crippen LogP contribution < -0.4 is 14.8 Å². The molecule has 3 aromatic carbocycles. The zero-order chi connectivity index (χ0) is 25.4. The van der Waals surface area contributed by atoms with Crippen LogP contribution in [0.15, 0.2) is 66.2 Å². The highest BCUT2D eigenvalue weighted by Crippen LogP contribution is 2.31. The average Bonchev–Trinajstić information content (AvgIpc) is 2.83. The lowest BCUT2D eigenvalue weighted by atomic mass is 10.1. The molecule has 0 atom stereocenters. The van der Waals surface area contributed by atoms with Gasteiger partial charge in [0.05, 0.1) is 23.3 Å². The second-order valence-electron chi connectivity index (χ2n) is 7.14. The van der Waals surface area contributed by atoms with E-state index in [-0.39, 0.29) is 23.6 Å².